The molecule has 5 nitrogen and oxygen atoms in total. The number of benzene rings is 2. The summed E-state index contributed by atoms with van der Waals surface area (Å²) in [5, 5.41) is 3.68. The Balaban J connectivity index is 1.66. The van der Waals surface area contributed by atoms with E-state index in [9.17, 15) is 17.2 Å². The Bertz CT molecular complexity index is 959. The molecule has 1 aliphatic rings. The number of thiocarbonyl (C=S) groups is 1. The molecule has 0 bridgehead atoms. The van der Waals surface area contributed by atoms with Gasteiger partial charge in [-0.15, -0.1) is 0 Å². The van der Waals surface area contributed by atoms with Crippen LogP contribution in [0.2, 0.25) is 0 Å². The molecule has 1 saturated heterocycles. The molecule has 0 atom stereocenters. The number of rotatable bonds is 3. The average Bonchev–Trinajstić information content (AvgIpc) is 2.63. The van der Waals surface area contributed by atoms with Gasteiger partial charge in [-0.25, -0.2) is 17.2 Å². The van der Waals surface area contributed by atoms with Crippen LogP contribution >= 0.6 is 12.2 Å². The van der Waals surface area contributed by atoms with Crippen LogP contribution in [0.4, 0.5) is 14.5 Å². The van der Waals surface area contributed by atoms with Crippen LogP contribution in [0.25, 0.3) is 0 Å². The second kappa shape index (κ2) is 7.87. The number of sulfonamides is 1. The SMILES string of the molecule is Cc1ccccc1NC(=S)N1CCN(S(=O)(=O)c2ccc(F)cc2F)CC1. The maximum absolute atomic E-state index is 13.9. The standard InChI is InChI=1S/C18H19F2N3O2S2/c1-13-4-2-3-5-16(13)21-18(26)22-8-10-23(11-9-22)27(24,25)17-7-6-14(19)12-15(17)20/h2-7,12H,8-11H2,1H3,(H,21,26). The maximum Gasteiger partial charge on any atom is 0.246 e. The van der Waals surface area contributed by atoms with Crippen LogP contribution in [0.3, 0.4) is 0 Å². The zero-order valence-corrected chi connectivity index (χ0v) is 16.3. The summed E-state index contributed by atoms with van der Waals surface area (Å²) in [5.41, 5.74) is 1.94. The fourth-order valence-corrected chi connectivity index (χ4v) is 4.62. The fraction of sp³-hybridized carbons (Fsp3) is 0.278. The number of halogens is 2. The van der Waals surface area contributed by atoms with Crippen molar-refractivity contribution in [2.24, 2.45) is 0 Å². The van der Waals surface area contributed by atoms with Crippen molar-refractivity contribution in [1.29, 1.82) is 0 Å². The Morgan fingerprint density at radius 2 is 1.74 bits per heavy atom. The number of para-hydroxylation sites is 1. The summed E-state index contributed by atoms with van der Waals surface area (Å²) in [5.74, 6) is -1.90. The minimum atomic E-state index is -4.02. The lowest BCUT2D eigenvalue weighted by molar-refractivity contribution is 0.268. The van der Waals surface area contributed by atoms with E-state index in [1.54, 1.807) is 0 Å². The Kier molecular flexibility index (Phi) is 5.73. The fourth-order valence-electron chi connectivity index (χ4n) is 2.86. The molecule has 144 valence electrons. The van der Waals surface area contributed by atoms with Crippen molar-refractivity contribution >= 4 is 33.0 Å². The molecule has 2 aromatic rings. The molecule has 0 spiro atoms. The summed E-state index contributed by atoms with van der Waals surface area (Å²) in [6, 6.07) is 10.2. The molecule has 9 heteroatoms. The second-order valence-corrected chi connectivity index (χ2v) is 8.50. The lowest BCUT2D eigenvalue weighted by atomic mass is 10.2. The molecule has 0 aromatic heterocycles. The van der Waals surface area contributed by atoms with Gasteiger partial charge in [-0.05, 0) is 42.9 Å². The number of hydrogen-bond donors (Lipinski definition) is 1. The summed E-state index contributed by atoms with van der Waals surface area (Å²) >= 11 is 5.42. The monoisotopic (exact) mass is 411 g/mol. The highest BCUT2D eigenvalue weighted by molar-refractivity contribution is 7.89. The predicted octanol–water partition coefficient (Wildman–Crippen LogP) is 2.98. The molecule has 3 rings (SSSR count). The zero-order chi connectivity index (χ0) is 19.6. The van der Waals surface area contributed by atoms with Crippen LogP contribution in [0.5, 0.6) is 0 Å². The van der Waals surface area contributed by atoms with Crippen molar-refractivity contribution in [1.82, 2.24) is 9.21 Å². The quantitative estimate of drug-likeness (QED) is 0.787. The van der Waals surface area contributed by atoms with Gasteiger partial charge in [0.05, 0.1) is 0 Å². The first kappa shape index (κ1) is 19.7. The zero-order valence-electron chi connectivity index (χ0n) is 14.7. The molecule has 0 amide bonds. The van der Waals surface area contributed by atoms with Gasteiger partial charge in [0.15, 0.2) is 5.11 Å². The van der Waals surface area contributed by atoms with Crippen molar-refractivity contribution in [3.8, 4) is 0 Å². The van der Waals surface area contributed by atoms with Gasteiger partial charge in [0, 0.05) is 37.9 Å². The molecule has 0 unspecified atom stereocenters. The van der Waals surface area contributed by atoms with E-state index >= 15 is 0 Å². The van der Waals surface area contributed by atoms with E-state index in [4.69, 9.17) is 12.2 Å². The normalized spacial score (nSPS) is 15.6. The van der Waals surface area contributed by atoms with Gasteiger partial charge in [-0.1, -0.05) is 18.2 Å². The minimum absolute atomic E-state index is 0.161. The number of nitrogens with one attached hydrogen (secondary N) is 1. The van der Waals surface area contributed by atoms with E-state index in [0.717, 1.165) is 23.4 Å². The van der Waals surface area contributed by atoms with Gasteiger partial charge in [0.25, 0.3) is 0 Å². The van der Waals surface area contributed by atoms with E-state index in [1.165, 1.54) is 4.31 Å². The molecular formula is C18H19F2N3O2S2. The Morgan fingerprint density at radius 1 is 1.07 bits per heavy atom. The summed E-state index contributed by atoms with van der Waals surface area (Å²) in [6.45, 7) is 3.04. The number of hydrogen-bond acceptors (Lipinski definition) is 3. The van der Waals surface area contributed by atoms with Crippen molar-refractivity contribution in [3.05, 3.63) is 59.7 Å². The largest absolute Gasteiger partial charge is 0.346 e. The lowest BCUT2D eigenvalue weighted by Gasteiger charge is -2.35. The Labute approximate surface area is 162 Å². The van der Waals surface area contributed by atoms with E-state index in [0.29, 0.717) is 24.3 Å². The third-order valence-electron chi connectivity index (χ3n) is 4.42. The third kappa shape index (κ3) is 4.26. The molecule has 27 heavy (non-hydrogen) atoms. The van der Waals surface area contributed by atoms with Gasteiger partial charge in [-0.2, -0.15) is 4.31 Å². The molecule has 0 saturated carbocycles. The molecule has 1 aliphatic heterocycles. The van der Waals surface area contributed by atoms with Crippen LogP contribution in [-0.2, 0) is 10.0 Å². The summed E-state index contributed by atoms with van der Waals surface area (Å²) in [6.07, 6.45) is 0. The van der Waals surface area contributed by atoms with E-state index < -0.39 is 26.6 Å². The highest BCUT2D eigenvalue weighted by atomic mass is 32.2. The van der Waals surface area contributed by atoms with Gasteiger partial charge in [0.2, 0.25) is 10.0 Å². The topological polar surface area (TPSA) is 52.6 Å². The lowest BCUT2D eigenvalue weighted by Crippen LogP contribution is -2.51. The number of aryl methyl sites for hydroxylation is 1. The molecule has 2 aromatic carbocycles. The third-order valence-corrected chi connectivity index (χ3v) is 6.72. The van der Waals surface area contributed by atoms with Crippen LogP contribution in [0.15, 0.2) is 47.4 Å². The highest BCUT2D eigenvalue weighted by Gasteiger charge is 2.31. The molecule has 1 heterocycles. The van der Waals surface area contributed by atoms with Gasteiger partial charge < -0.3 is 10.2 Å². The highest BCUT2D eigenvalue weighted by Crippen LogP contribution is 2.22. The summed E-state index contributed by atoms with van der Waals surface area (Å²) in [4.78, 5) is 1.35. The van der Waals surface area contributed by atoms with Crippen molar-refractivity contribution in [2.75, 3.05) is 31.5 Å². The predicted molar refractivity (Wildman–Crippen MR) is 104 cm³/mol. The van der Waals surface area contributed by atoms with Gasteiger partial charge in [0.1, 0.15) is 16.5 Å². The van der Waals surface area contributed by atoms with Crippen molar-refractivity contribution in [2.45, 2.75) is 11.8 Å². The van der Waals surface area contributed by atoms with E-state index in [2.05, 4.69) is 5.32 Å². The van der Waals surface area contributed by atoms with Crippen LogP contribution in [-0.4, -0.2) is 48.9 Å². The molecule has 1 fully saturated rings. The van der Waals surface area contributed by atoms with Gasteiger partial charge in [-0.3, -0.25) is 0 Å². The molecule has 0 radical (unpaired) electrons. The first-order chi connectivity index (χ1) is 12.8. The summed E-state index contributed by atoms with van der Waals surface area (Å²) < 4.78 is 53.4. The minimum Gasteiger partial charge on any atom is -0.346 e. The first-order valence-corrected chi connectivity index (χ1v) is 10.2. The summed E-state index contributed by atoms with van der Waals surface area (Å²) in [7, 11) is -4.02. The molecule has 1 N–H and O–H groups in total. The number of anilines is 1. The second-order valence-electron chi connectivity index (χ2n) is 6.21. The number of nitrogens with zero attached hydrogens (tertiary/aromatic N) is 2. The maximum atomic E-state index is 13.9. The van der Waals surface area contributed by atoms with Crippen LogP contribution in [0, 0.1) is 18.6 Å². The number of piperazine rings is 1. The van der Waals surface area contributed by atoms with Crippen LogP contribution < -0.4 is 5.32 Å². The average molecular weight is 411 g/mol. The van der Waals surface area contributed by atoms with Crippen molar-refractivity contribution < 1.29 is 17.2 Å². The molecular weight excluding hydrogens is 392 g/mol. The van der Waals surface area contributed by atoms with Gasteiger partial charge >= 0.3 is 0 Å². The van der Waals surface area contributed by atoms with Crippen molar-refractivity contribution in [3.63, 3.8) is 0 Å². The first-order valence-electron chi connectivity index (χ1n) is 8.36. The van der Waals surface area contributed by atoms with E-state index in [-0.39, 0.29) is 13.1 Å². The Morgan fingerprint density at radius 3 is 2.37 bits per heavy atom. The Hall–Kier alpha value is -2.10. The smallest absolute Gasteiger partial charge is 0.246 e. The van der Waals surface area contributed by atoms with Crippen LogP contribution in [0.1, 0.15) is 5.56 Å². The van der Waals surface area contributed by atoms with E-state index in [1.807, 2.05) is 36.1 Å². The molecule has 0 aliphatic carbocycles.